The summed E-state index contributed by atoms with van der Waals surface area (Å²) >= 11 is 0. The molecule has 0 spiro atoms. The molecule has 0 rings (SSSR count). The highest BCUT2D eigenvalue weighted by Crippen LogP contribution is 2.20. The number of esters is 1. The van der Waals surface area contributed by atoms with E-state index >= 15 is 0 Å². The molecule has 0 aromatic heterocycles. The number of nitrogens with two attached hydrogens (primary N) is 1. The largest absolute Gasteiger partial charge is 0.412 e. The van der Waals surface area contributed by atoms with E-state index in [1.54, 1.807) is 25.9 Å². The van der Waals surface area contributed by atoms with E-state index in [0.29, 0.717) is 6.42 Å². The maximum Gasteiger partial charge on any atom is 0.412 e. The molecule has 0 saturated heterocycles. The van der Waals surface area contributed by atoms with Gasteiger partial charge < -0.3 is 10.5 Å². The van der Waals surface area contributed by atoms with Gasteiger partial charge in [-0.15, -0.1) is 0 Å². The first-order valence-corrected chi connectivity index (χ1v) is 4.53. The molecule has 0 heterocycles. The summed E-state index contributed by atoms with van der Waals surface area (Å²) in [7, 11) is 3.52. The molecular formula is C9H18N2O3. The summed E-state index contributed by atoms with van der Waals surface area (Å²) < 4.78 is 4.39. The van der Waals surface area contributed by atoms with E-state index in [2.05, 4.69) is 4.74 Å². The molecular weight excluding hydrogens is 184 g/mol. The second-order valence-corrected chi connectivity index (χ2v) is 3.63. The lowest BCUT2D eigenvalue weighted by Gasteiger charge is -2.32. The van der Waals surface area contributed by atoms with Gasteiger partial charge in [0.1, 0.15) is 5.54 Å². The molecule has 2 N–H and O–H groups in total. The van der Waals surface area contributed by atoms with Gasteiger partial charge in [0, 0.05) is 0 Å². The Balaban J connectivity index is 4.64. The zero-order valence-electron chi connectivity index (χ0n) is 9.16. The van der Waals surface area contributed by atoms with Crippen LogP contribution >= 0.6 is 0 Å². The van der Waals surface area contributed by atoms with Crippen LogP contribution in [0, 0.1) is 0 Å². The third-order valence-corrected chi connectivity index (χ3v) is 2.36. The van der Waals surface area contributed by atoms with Crippen LogP contribution in [0.4, 0.5) is 4.79 Å². The second-order valence-electron chi connectivity index (χ2n) is 3.63. The fourth-order valence-electron chi connectivity index (χ4n) is 1.20. The zero-order chi connectivity index (χ0) is 11.4. The summed E-state index contributed by atoms with van der Waals surface area (Å²) in [5.74, 6) is -0.600. The Morgan fingerprint density at radius 1 is 1.43 bits per heavy atom. The summed E-state index contributed by atoms with van der Waals surface area (Å²) in [5, 5.41) is 0. The van der Waals surface area contributed by atoms with Gasteiger partial charge in [0.2, 0.25) is 0 Å². The van der Waals surface area contributed by atoms with Crippen molar-refractivity contribution in [1.29, 1.82) is 0 Å². The molecule has 0 aromatic rings. The van der Waals surface area contributed by atoms with Crippen LogP contribution in [0.5, 0.6) is 0 Å². The van der Waals surface area contributed by atoms with Crippen LogP contribution in [0.3, 0.4) is 0 Å². The predicted molar refractivity (Wildman–Crippen MR) is 52.7 cm³/mol. The SMILES string of the molecule is CCCC(C)(C(=O)OC(N)=O)N(C)C. The number of carbonyl (C=O) groups is 2. The molecule has 14 heavy (non-hydrogen) atoms. The standard InChI is InChI=1S/C9H18N2O3/c1-5-6-9(2,11(3)4)7(12)14-8(10)13/h5-6H2,1-4H3,(H2,10,13). The van der Waals surface area contributed by atoms with Crippen molar-refractivity contribution in [3.63, 3.8) is 0 Å². The van der Waals surface area contributed by atoms with Crippen LogP contribution in [0.1, 0.15) is 26.7 Å². The van der Waals surface area contributed by atoms with Crippen LogP contribution in [0.15, 0.2) is 0 Å². The average Bonchev–Trinajstić information content (AvgIpc) is 2.02. The minimum Gasteiger partial charge on any atom is -0.375 e. The monoisotopic (exact) mass is 202 g/mol. The Bertz CT molecular complexity index is 228. The maximum atomic E-state index is 11.5. The number of amides is 1. The Hall–Kier alpha value is -1.10. The van der Waals surface area contributed by atoms with Crippen molar-refractivity contribution in [2.45, 2.75) is 32.2 Å². The molecule has 0 bridgehead atoms. The summed E-state index contributed by atoms with van der Waals surface area (Å²) in [6, 6.07) is 0. The minimum absolute atomic E-state index is 0.600. The Morgan fingerprint density at radius 3 is 2.21 bits per heavy atom. The van der Waals surface area contributed by atoms with E-state index in [-0.39, 0.29) is 0 Å². The van der Waals surface area contributed by atoms with E-state index in [4.69, 9.17) is 5.73 Å². The van der Waals surface area contributed by atoms with Crippen molar-refractivity contribution in [3.8, 4) is 0 Å². The highest BCUT2D eigenvalue weighted by atomic mass is 16.6. The first-order valence-electron chi connectivity index (χ1n) is 4.53. The van der Waals surface area contributed by atoms with Gasteiger partial charge in [0.05, 0.1) is 0 Å². The summed E-state index contributed by atoms with van der Waals surface area (Å²) in [6.07, 6.45) is 0.383. The fraction of sp³-hybridized carbons (Fsp3) is 0.778. The van der Waals surface area contributed by atoms with Gasteiger partial charge in [-0.3, -0.25) is 4.90 Å². The minimum atomic E-state index is -1.06. The van der Waals surface area contributed by atoms with Gasteiger partial charge in [-0.25, -0.2) is 9.59 Å². The summed E-state index contributed by atoms with van der Waals surface area (Å²) in [6.45, 7) is 3.68. The average molecular weight is 202 g/mol. The first kappa shape index (κ1) is 12.9. The lowest BCUT2D eigenvalue weighted by atomic mass is 9.95. The molecule has 0 aromatic carbocycles. The number of nitrogens with zero attached hydrogens (tertiary/aromatic N) is 1. The van der Waals surface area contributed by atoms with E-state index in [1.165, 1.54) is 0 Å². The van der Waals surface area contributed by atoms with E-state index in [9.17, 15) is 9.59 Å². The van der Waals surface area contributed by atoms with Crippen molar-refractivity contribution in [2.75, 3.05) is 14.1 Å². The predicted octanol–water partition coefficient (Wildman–Crippen LogP) is 0.729. The molecule has 0 fully saturated rings. The maximum absolute atomic E-state index is 11.5. The third-order valence-electron chi connectivity index (χ3n) is 2.36. The zero-order valence-corrected chi connectivity index (χ0v) is 9.16. The van der Waals surface area contributed by atoms with E-state index in [1.807, 2.05) is 6.92 Å². The lowest BCUT2D eigenvalue weighted by molar-refractivity contribution is -0.149. The highest BCUT2D eigenvalue weighted by Gasteiger charge is 2.37. The van der Waals surface area contributed by atoms with Gasteiger partial charge >= 0.3 is 12.1 Å². The molecule has 82 valence electrons. The van der Waals surface area contributed by atoms with Crippen molar-refractivity contribution in [2.24, 2.45) is 5.73 Å². The summed E-state index contributed by atoms with van der Waals surface area (Å²) in [5.41, 5.74) is 4.00. The Kier molecular flexibility index (Phi) is 4.56. The number of hydrogen-bond acceptors (Lipinski definition) is 4. The smallest absolute Gasteiger partial charge is 0.375 e. The van der Waals surface area contributed by atoms with Crippen molar-refractivity contribution in [3.05, 3.63) is 0 Å². The molecule has 1 atom stereocenters. The van der Waals surface area contributed by atoms with Crippen molar-refractivity contribution < 1.29 is 14.3 Å². The molecule has 0 radical (unpaired) electrons. The number of carbonyl (C=O) groups excluding carboxylic acids is 2. The lowest BCUT2D eigenvalue weighted by Crippen LogP contribution is -2.50. The number of likely N-dealkylation sites (N-methyl/N-ethyl adjacent to an activating group) is 1. The van der Waals surface area contributed by atoms with Crippen LogP contribution in [-0.4, -0.2) is 36.6 Å². The van der Waals surface area contributed by atoms with E-state index < -0.39 is 17.6 Å². The number of rotatable bonds is 4. The number of primary amides is 1. The molecule has 1 unspecified atom stereocenters. The van der Waals surface area contributed by atoms with Gasteiger partial charge in [0.15, 0.2) is 0 Å². The molecule has 0 saturated carbocycles. The second kappa shape index (κ2) is 4.95. The molecule has 0 aliphatic carbocycles. The van der Waals surface area contributed by atoms with Crippen molar-refractivity contribution in [1.82, 2.24) is 4.90 Å². The highest BCUT2D eigenvalue weighted by molar-refractivity contribution is 5.89. The molecule has 0 aliphatic rings. The fourth-order valence-corrected chi connectivity index (χ4v) is 1.20. The van der Waals surface area contributed by atoms with Gasteiger partial charge in [0.25, 0.3) is 0 Å². The van der Waals surface area contributed by atoms with Crippen LogP contribution in [0.2, 0.25) is 0 Å². The normalized spacial score (nSPS) is 14.9. The topological polar surface area (TPSA) is 72.6 Å². The molecule has 0 aliphatic heterocycles. The summed E-state index contributed by atoms with van der Waals surface area (Å²) in [4.78, 5) is 23.7. The van der Waals surface area contributed by atoms with Crippen LogP contribution in [-0.2, 0) is 9.53 Å². The first-order chi connectivity index (χ1) is 6.34. The Labute approximate surface area is 84.2 Å². The van der Waals surface area contributed by atoms with Crippen LogP contribution < -0.4 is 5.73 Å². The Morgan fingerprint density at radius 2 is 1.93 bits per heavy atom. The van der Waals surface area contributed by atoms with Gasteiger partial charge in [-0.1, -0.05) is 13.3 Å². The third kappa shape index (κ3) is 2.99. The van der Waals surface area contributed by atoms with E-state index in [0.717, 1.165) is 6.42 Å². The van der Waals surface area contributed by atoms with Gasteiger partial charge in [-0.2, -0.15) is 0 Å². The molecule has 1 amide bonds. The number of ether oxygens (including phenoxy) is 1. The quantitative estimate of drug-likeness (QED) is 0.538. The number of hydrogen-bond donors (Lipinski definition) is 1. The van der Waals surface area contributed by atoms with Crippen molar-refractivity contribution >= 4 is 12.1 Å². The molecule has 5 heteroatoms. The van der Waals surface area contributed by atoms with Gasteiger partial charge in [-0.05, 0) is 27.4 Å². The molecule has 5 nitrogen and oxygen atoms in total. The van der Waals surface area contributed by atoms with Crippen LogP contribution in [0.25, 0.3) is 0 Å².